The summed E-state index contributed by atoms with van der Waals surface area (Å²) in [5.41, 5.74) is 1.36. The Morgan fingerprint density at radius 2 is 2.24 bits per heavy atom. The zero-order chi connectivity index (χ0) is 11.7. The summed E-state index contributed by atoms with van der Waals surface area (Å²) in [6.45, 7) is 7.13. The molecule has 0 spiro atoms. The van der Waals surface area contributed by atoms with Crippen LogP contribution in [0.2, 0.25) is 0 Å². The number of hydrogen-bond acceptors (Lipinski definition) is 2. The van der Waals surface area contributed by atoms with E-state index < -0.39 is 0 Å². The molecule has 3 heteroatoms. The lowest BCUT2D eigenvalue weighted by Crippen LogP contribution is -2.34. The van der Waals surface area contributed by atoms with Crippen LogP contribution in [0.25, 0.3) is 0 Å². The van der Waals surface area contributed by atoms with Crippen LogP contribution in [-0.4, -0.2) is 34.1 Å². The molecule has 1 aromatic rings. The quantitative estimate of drug-likeness (QED) is 0.782. The topological polar surface area (TPSA) is 21.1 Å². The van der Waals surface area contributed by atoms with Crippen molar-refractivity contribution < 1.29 is 0 Å². The number of likely N-dealkylation sites (tertiary alicyclic amines) is 1. The molecular weight excluding hydrogens is 210 g/mol. The van der Waals surface area contributed by atoms with Crippen LogP contribution in [-0.2, 0) is 13.0 Å². The molecule has 2 aliphatic rings. The molecule has 17 heavy (non-hydrogen) atoms. The number of fused-ring (bicyclic) bond motifs is 1. The van der Waals surface area contributed by atoms with Gasteiger partial charge < -0.3 is 9.47 Å². The van der Waals surface area contributed by atoms with Gasteiger partial charge in [0.15, 0.2) is 0 Å². The van der Waals surface area contributed by atoms with Gasteiger partial charge in [-0.25, -0.2) is 4.98 Å². The molecule has 0 aromatic carbocycles. The van der Waals surface area contributed by atoms with Crippen LogP contribution in [0.4, 0.5) is 0 Å². The van der Waals surface area contributed by atoms with Crippen LogP contribution in [0.3, 0.4) is 0 Å². The highest BCUT2D eigenvalue weighted by Gasteiger charge is 2.23. The Bertz CT molecular complexity index is 359. The van der Waals surface area contributed by atoms with Gasteiger partial charge in [0.05, 0.1) is 5.69 Å². The van der Waals surface area contributed by atoms with Gasteiger partial charge in [0.1, 0.15) is 5.82 Å². The van der Waals surface area contributed by atoms with E-state index in [1.165, 1.54) is 69.8 Å². The minimum atomic E-state index is 0.682. The van der Waals surface area contributed by atoms with Gasteiger partial charge in [0.25, 0.3) is 0 Å². The van der Waals surface area contributed by atoms with Gasteiger partial charge in [-0.3, -0.25) is 0 Å². The largest absolute Gasteiger partial charge is 0.335 e. The molecule has 3 heterocycles. The molecule has 3 rings (SSSR count). The number of likely N-dealkylation sites (N-methyl/N-ethyl adjacent to an activating group) is 1. The number of rotatable bonds is 2. The van der Waals surface area contributed by atoms with Gasteiger partial charge in [-0.1, -0.05) is 6.92 Å². The van der Waals surface area contributed by atoms with E-state index >= 15 is 0 Å². The fraction of sp³-hybridized carbons (Fsp3) is 0.786. The third-order valence-electron chi connectivity index (χ3n) is 4.30. The molecule has 1 saturated heterocycles. The monoisotopic (exact) mass is 233 g/mol. The molecule has 0 radical (unpaired) electrons. The molecule has 0 N–H and O–H groups in total. The van der Waals surface area contributed by atoms with Crippen molar-refractivity contribution in [1.29, 1.82) is 0 Å². The first-order valence-electron chi connectivity index (χ1n) is 7.15. The van der Waals surface area contributed by atoms with E-state index in [9.17, 15) is 0 Å². The summed E-state index contributed by atoms with van der Waals surface area (Å²) in [5, 5.41) is 0. The number of nitrogens with zero attached hydrogens (tertiary/aromatic N) is 3. The Balaban J connectivity index is 1.76. The Morgan fingerprint density at radius 3 is 3.06 bits per heavy atom. The number of imidazole rings is 1. The lowest BCUT2D eigenvalue weighted by Gasteiger charge is -2.30. The lowest BCUT2D eigenvalue weighted by atomic mass is 9.95. The van der Waals surface area contributed by atoms with Crippen LogP contribution in [0.1, 0.15) is 50.0 Å². The highest BCUT2D eigenvalue weighted by Crippen LogP contribution is 2.27. The second kappa shape index (κ2) is 4.81. The fourth-order valence-electron chi connectivity index (χ4n) is 3.22. The first-order chi connectivity index (χ1) is 8.36. The van der Waals surface area contributed by atoms with Crippen LogP contribution >= 0.6 is 0 Å². The predicted octanol–water partition coefficient (Wildman–Crippen LogP) is 2.42. The number of piperidine rings is 1. The van der Waals surface area contributed by atoms with Crippen molar-refractivity contribution in [1.82, 2.24) is 14.5 Å². The van der Waals surface area contributed by atoms with Gasteiger partial charge in [-0.2, -0.15) is 0 Å². The summed E-state index contributed by atoms with van der Waals surface area (Å²) >= 11 is 0. The zero-order valence-electron chi connectivity index (χ0n) is 10.9. The highest BCUT2D eigenvalue weighted by molar-refractivity contribution is 5.12. The molecule has 94 valence electrons. The van der Waals surface area contributed by atoms with Crippen molar-refractivity contribution in [2.45, 2.75) is 51.5 Å². The normalized spacial score (nSPS) is 25.8. The van der Waals surface area contributed by atoms with Gasteiger partial charge in [0, 0.05) is 31.6 Å². The predicted molar refractivity (Wildman–Crippen MR) is 69.3 cm³/mol. The second-order valence-electron chi connectivity index (χ2n) is 5.46. The van der Waals surface area contributed by atoms with Crippen molar-refractivity contribution in [2.75, 3.05) is 19.6 Å². The third-order valence-corrected chi connectivity index (χ3v) is 4.30. The Morgan fingerprint density at radius 1 is 1.29 bits per heavy atom. The van der Waals surface area contributed by atoms with Crippen molar-refractivity contribution >= 4 is 0 Å². The summed E-state index contributed by atoms with van der Waals surface area (Å²) in [6.07, 6.45) is 8.83. The molecule has 0 bridgehead atoms. The molecule has 0 amide bonds. The van der Waals surface area contributed by atoms with E-state index in [0.29, 0.717) is 5.92 Å². The minimum Gasteiger partial charge on any atom is -0.335 e. The smallest absolute Gasteiger partial charge is 0.108 e. The molecule has 1 unspecified atom stereocenters. The molecule has 2 aliphatic heterocycles. The van der Waals surface area contributed by atoms with Gasteiger partial charge in [0.2, 0.25) is 0 Å². The highest BCUT2D eigenvalue weighted by atomic mass is 15.1. The number of hydrogen-bond donors (Lipinski definition) is 0. The van der Waals surface area contributed by atoms with E-state index in [2.05, 4.69) is 22.6 Å². The SMILES string of the molecule is CCN1CCCC(c2cn3c(n2)CCCC3)C1. The summed E-state index contributed by atoms with van der Waals surface area (Å²) in [6, 6.07) is 0. The lowest BCUT2D eigenvalue weighted by molar-refractivity contribution is 0.216. The molecule has 0 saturated carbocycles. The maximum atomic E-state index is 4.88. The molecule has 1 fully saturated rings. The fourth-order valence-corrected chi connectivity index (χ4v) is 3.22. The van der Waals surface area contributed by atoms with E-state index in [-0.39, 0.29) is 0 Å². The second-order valence-corrected chi connectivity index (χ2v) is 5.46. The summed E-state index contributed by atoms with van der Waals surface area (Å²) in [4.78, 5) is 7.44. The van der Waals surface area contributed by atoms with Crippen LogP contribution in [0.5, 0.6) is 0 Å². The molecule has 1 atom stereocenters. The zero-order valence-corrected chi connectivity index (χ0v) is 10.9. The third kappa shape index (κ3) is 2.25. The van der Waals surface area contributed by atoms with E-state index in [1.54, 1.807) is 0 Å². The van der Waals surface area contributed by atoms with E-state index in [4.69, 9.17) is 4.98 Å². The van der Waals surface area contributed by atoms with E-state index in [0.717, 1.165) is 0 Å². The summed E-state index contributed by atoms with van der Waals surface area (Å²) in [7, 11) is 0. The van der Waals surface area contributed by atoms with Crippen LogP contribution < -0.4 is 0 Å². The summed E-state index contributed by atoms with van der Waals surface area (Å²) in [5.74, 6) is 2.02. The minimum absolute atomic E-state index is 0.682. The van der Waals surface area contributed by atoms with Crippen molar-refractivity contribution in [3.63, 3.8) is 0 Å². The average molecular weight is 233 g/mol. The van der Waals surface area contributed by atoms with Crippen LogP contribution in [0, 0.1) is 0 Å². The maximum Gasteiger partial charge on any atom is 0.108 e. The molecule has 0 aliphatic carbocycles. The Labute approximate surface area is 104 Å². The van der Waals surface area contributed by atoms with Crippen LogP contribution in [0.15, 0.2) is 6.20 Å². The van der Waals surface area contributed by atoms with Gasteiger partial charge >= 0.3 is 0 Å². The van der Waals surface area contributed by atoms with Crippen molar-refractivity contribution in [3.05, 3.63) is 17.7 Å². The van der Waals surface area contributed by atoms with Gasteiger partial charge in [-0.05, 0) is 38.8 Å². The standard InChI is InChI=1S/C14H23N3/c1-2-16-8-5-6-12(10-16)13-11-17-9-4-3-7-14(17)15-13/h11-12H,2-10H2,1H3. The maximum absolute atomic E-state index is 4.88. The first kappa shape index (κ1) is 11.3. The van der Waals surface area contributed by atoms with E-state index in [1.807, 2.05) is 0 Å². The molecular formula is C14H23N3. The average Bonchev–Trinajstić information content (AvgIpc) is 2.82. The van der Waals surface area contributed by atoms with Gasteiger partial charge in [-0.15, -0.1) is 0 Å². The number of aryl methyl sites for hydroxylation is 2. The molecule has 1 aromatic heterocycles. The summed E-state index contributed by atoms with van der Waals surface area (Å²) < 4.78 is 2.39. The Kier molecular flexibility index (Phi) is 3.19. The van der Waals surface area contributed by atoms with Crippen molar-refractivity contribution in [2.24, 2.45) is 0 Å². The first-order valence-corrected chi connectivity index (χ1v) is 7.15. The number of aromatic nitrogens is 2. The van der Waals surface area contributed by atoms with Crippen molar-refractivity contribution in [3.8, 4) is 0 Å². The Hall–Kier alpha value is -0.830. The molecule has 3 nitrogen and oxygen atoms in total.